The fourth-order valence-corrected chi connectivity index (χ4v) is 2.45. The highest BCUT2D eigenvalue weighted by Gasteiger charge is 2.37. The summed E-state index contributed by atoms with van der Waals surface area (Å²) in [5, 5.41) is 0. The van der Waals surface area contributed by atoms with E-state index in [1.807, 2.05) is 20.8 Å². The first-order valence-corrected chi connectivity index (χ1v) is 7.03. The fraction of sp³-hybridized carbons (Fsp3) is 1.00. The van der Waals surface area contributed by atoms with Gasteiger partial charge in [-0.25, -0.2) is 0 Å². The van der Waals surface area contributed by atoms with E-state index in [0.717, 1.165) is 19.6 Å². The Kier molecular flexibility index (Phi) is 8.83. The summed E-state index contributed by atoms with van der Waals surface area (Å²) in [6.07, 6.45) is 2.01. The van der Waals surface area contributed by atoms with E-state index in [1.165, 1.54) is 0 Å². The van der Waals surface area contributed by atoms with Crippen LogP contribution in [0, 0.1) is 0 Å². The largest absolute Gasteiger partial charge is 0.377 e. The van der Waals surface area contributed by atoms with Crippen LogP contribution in [0.25, 0.3) is 0 Å². The maximum Gasteiger partial charge on any atom is 0.0771 e. The van der Waals surface area contributed by atoms with Crippen LogP contribution in [0.4, 0.5) is 0 Å². The maximum absolute atomic E-state index is 5.94. The Morgan fingerprint density at radius 1 is 1.24 bits per heavy atom. The lowest BCUT2D eigenvalue weighted by Crippen LogP contribution is -2.44. The summed E-state index contributed by atoms with van der Waals surface area (Å²) in [7, 11) is 2.16. The number of ether oxygens (including phenoxy) is 2. The zero-order valence-corrected chi connectivity index (χ0v) is 12.7. The number of hydrogen-bond acceptors (Lipinski definition) is 3. The van der Waals surface area contributed by atoms with Crippen molar-refractivity contribution in [3.8, 4) is 0 Å². The summed E-state index contributed by atoms with van der Waals surface area (Å²) in [6, 6.07) is 0.410. The Morgan fingerprint density at radius 2 is 1.82 bits per heavy atom. The smallest absolute Gasteiger partial charge is 0.0771 e. The third-order valence-corrected chi connectivity index (χ3v) is 3.01. The molecule has 0 aromatic rings. The topological polar surface area (TPSA) is 21.7 Å². The van der Waals surface area contributed by atoms with Gasteiger partial charge in [0.2, 0.25) is 0 Å². The van der Waals surface area contributed by atoms with Crippen LogP contribution in [-0.2, 0) is 9.47 Å². The summed E-state index contributed by atoms with van der Waals surface area (Å²) >= 11 is 0. The Bertz CT molecular complexity index is 185. The van der Waals surface area contributed by atoms with Gasteiger partial charge in [-0.1, -0.05) is 13.8 Å². The molecule has 0 aromatic carbocycles. The van der Waals surface area contributed by atoms with E-state index < -0.39 is 0 Å². The van der Waals surface area contributed by atoms with Gasteiger partial charge in [0.15, 0.2) is 0 Å². The van der Waals surface area contributed by atoms with Gasteiger partial charge in [-0.3, -0.25) is 4.90 Å². The molecule has 1 heterocycles. The number of likely N-dealkylation sites (tertiary alicyclic amines) is 1. The van der Waals surface area contributed by atoms with E-state index >= 15 is 0 Å². The highest BCUT2D eigenvalue weighted by atomic mass is 16.5. The van der Waals surface area contributed by atoms with Crippen molar-refractivity contribution in [3.63, 3.8) is 0 Å². The summed E-state index contributed by atoms with van der Waals surface area (Å²) in [5.74, 6) is 0. The van der Waals surface area contributed by atoms with E-state index in [2.05, 4.69) is 32.7 Å². The zero-order valence-electron chi connectivity index (χ0n) is 12.7. The highest BCUT2D eigenvalue weighted by Crippen LogP contribution is 2.24. The first-order valence-electron chi connectivity index (χ1n) is 7.03. The van der Waals surface area contributed by atoms with Crippen LogP contribution in [0.15, 0.2) is 0 Å². The Balaban J connectivity index is 0.00000121. The van der Waals surface area contributed by atoms with Gasteiger partial charge >= 0.3 is 0 Å². The minimum Gasteiger partial charge on any atom is -0.377 e. The van der Waals surface area contributed by atoms with Crippen molar-refractivity contribution in [1.82, 2.24) is 4.90 Å². The molecule has 0 radical (unpaired) electrons. The van der Waals surface area contributed by atoms with Crippen LogP contribution in [0.5, 0.6) is 0 Å². The SMILES string of the molecule is CC.CCO[C@@H](C)[C@@H]1[C@@H](OC(C)C)CCN1C. The molecule has 0 aromatic heterocycles. The van der Waals surface area contributed by atoms with Gasteiger partial charge in [0.05, 0.1) is 24.4 Å². The number of rotatable bonds is 5. The van der Waals surface area contributed by atoms with Crippen molar-refractivity contribution in [2.75, 3.05) is 20.2 Å². The van der Waals surface area contributed by atoms with Crippen LogP contribution >= 0.6 is 0 Å². The van der Waals surface area contributed by atoms with Gasteiger partial charge in [-0.15, -0.1) is 0 Å². The van der Waals surface area contributed by atoms with Crippen molar-refractivity contribution < 1.29 is 9.47 Å². The second-order valence-corrected chi connectivity index (χ2v) is 4.64. The van der Waals surface area contributed by atoms with Gasteiger partial charge in [-0.05, 0) is 41.2 Å². The van der Waals surface area contributed by atoms with Gasteiger partial charge in [-0.2, -0.15) is 0 Å². The second kappa shape index (κ2) is 8.90. The highest BCUT2D eigenvalue weighted by molar-refractivity contribution is 4.90. The first-order chi connectivity index (χ1) is 8.06. The van der Waals surface area contributed by atoms with Gasteiger partial charge in [0.25, 0.3) is 0 Å². The molecule has 1 rings (SSSR count). The van der Waals surface area contributed by atoms with Crippen molar-refractivity contribution in [2.24, 2.45) is 0 Å². The quantitative estimate of drug-likeness (QED) is 0.743. The lowest BCUT2D eigenvalue weighted by Gasteiger charge is -2.31. The first kappa shape index (κ1) is 16.9. The Morgan fingerprint density at radius 3 is 2.29 bits per heavy atom. The zero-order chi connectivity index (χ0) is 13.4. The average Bonchev–Trinajstić information content (AvgIpc) is 2.62. The van der Waals surface area contributed by atoms with E-state index in [9.17, 15) is 0 Å². The molecule has 0 saturated carbocycles. The molecule has 1 aliphatic heterocycles. The molecule has 104 valence electrons. The number of hydrogen-bond donors (Lipinski definition) is 0. The molecule has 1 fully saturated rings. The van der Waals surface area contributed by atoms with Crippen molar-refractivity contribution in [1.29, 1.82) is 0 Å². The molecule has 0 bridgehead atoms. The third-order valence-electron chi connectivity index (χ3n) is 3.01. The number of likely N-dealkylation sites (N-methyl/N-ethyl adjacent to an activating group) is 1. The monoisotopic (exact) mass is 245 g/mol. The van der Waals surface area contributed by atoms with Crippen LogP contribution in [0.3, 0.4) is 0 Å². The molecule has 3 heteroatoms. The minimum atomic E-state index is 0.256. The fourth-order valence-electron chi connectivity index (χ4n) is 2.45. The summed E-state index contributed by atoms with van der Waals surface area (Å²) in [5.41, 5.74) is 0. The molecule has 1 saturated heterocycles. The molecule has 0 spiro atoms. The normalized spacial score (nSPS) is 26.8. The molecule has 0 aliphatic carbocycles. The summed E-state index contributed by atoms with van der Waals surface area (Å²) in [4.78, 5) is 2.35. The molecule has 0 N–H and O–H groups in total. The van der Waals surface area contributed by atoms with Gasteiger partial charge < -0.3 is 9.47 Å². The van der Waals surface area contributed by atoms with E-state index in [0.29, 0.717) is 18.2 Å². The predicted octanol–water partition coefficient (Wildman–Crippen LogP) is 2.94. The lowest BCUT2D eigenvalue weighted by molar-refractivity contribution is -0.0600. The van der Waals surface area contributed by atoms with Crippen molar-refractivity contribution >= 4 is 0 Å². The van der Waals surface area contributed by atoms with Gasteiger partial charge in [0, 0.05) is 13.2 Å². The van der Waals surface area contributed by atoms with E-state index in [4.69, 9.17) is 9.47 Å². The number of nitrogens with zero attached hydrogens (tertiary/aromatic N) is 1. The molecule has 17 heavy (non-hydrogen) atoms. The van der Waals surface area contributed by atoms with Crippen molar-refractivity contribution in [3.05, 3.63) is 0 Å². The van der Waals surface area contributed by atoms with E-state index in [-0.39, 0.29) is 6.10 Å². The maximum atomic E-state index is 5.94. The second-order valence-electron chi connectivity index (χ2n) is 4.64. The van der Waals surface area contributed by atoms with Crippen LogP contribution in [0.1, 0.15) is 48.0 Å². The lowest BCUT2D eigenvalue weighted by atomic mass is 10.1. The molecule has 1 aliphatic rings. The van der Waals surface area contributed by atoms with Crippen LogP contribution in [0.2, 0.25) is 0 Å². The van der Waals surface area contributed by atoms with Gasteiger partial charge in [0.1, 0.15) is 0 Å². The Hall–Kier alpha value is -0.120. The molecule has 3 atom stereocenters. The standard InChI is InChI=1S/C12H25NO2.C2H6/c1-6-14-10(4)12-11(15-9(2)3)7-8-13(12)5;1-2/h9-12H,6-8H2,1-5H3;1-2H3/t10-,11-,12+;/m0./s1. The van der Waals surface area contributed by atoms with Crippen LogP contribution in [-0.4, -0.2) is 49.5 Å². The molecule has 0 unspecified atom stereocenters. The average molecular weight is 245 g/mol. The molecule has 3 nitrogen and oxygen atoms in total. The molecular formula is C14H31NO2. The molecule has 0 amide bonds. The Labute approximate surface area is 107 Å². The third kappa shape index (κ3) is 5.36. The van der Waals surface area contributed by atoms with Crippen LogP contribution < -0.4 is 0 Å². The summed E-state index contributed by atoms with van der Waals surface area (Å²) in [6.45, 7) is 14.3. The van der Waals surface area contributed by atoms with Crippen molar-refractivity contribution in [2.45, 2.75) is 72.3 Å². The minimum absolute atomic E-state index is 0.256. The van der Waals surface area contributed by atoms with E-state index in [1.54, 1.807) is 0 Å². The molecular weight excluding hydrogens is 214 g/mol. The predicted molar refractivity (Wildman–Crippen MR) is 73.5 cm³/mol. The summed E-state index contributed by atoms with van der Waals surface area (Å²) < 4.78 is 11.6.